The highest BCUT2D eigenvalue weighted by atomic mass is 16.3. The molecule has 1 fully saturated rings. The molecule has 0 bridgehead atoms. The summed E-state index contributed by atoms with van der Waals surface area (Å²) in [5.74, 6) is 0.311. The van der Waals surface area contributed by atoms with Crippen molar-refractivity contribution in [1.82, 2.24) is 4.90 Å². The van der Waals surface area contributed by atoms with Crippen molar-refractivity contribution in [3.8, 4) is 6.07 Å². The Kier molecular flexibility index (Phi) is 2.48. The second-order valence-corrected chi connectivity index (χ2v) is 3.30. The van der Waals surface area contributed by atoms with Gasteiger partial charge in [-0.15, -0.1) is 0 Å². The van der Waals surface area contributed by atoms with E-state index in [0.717, 1.165) is 6.54 Å². The fourth-order valence-electron chi connectivity index (χ4n) is 1.38. The Morgan fingerprint density at radius 1 is 1.64 bits per heavy atom. The van der Waals surface area contributed by atoms with Crippen molar-refractivity contribution in [2.75, 3.05) is 13.1 Å². The van der Waals surface area contributed by atoms with Gasteiger partial charge in [-0.3, -0.25) is 4.90 Å². The lowest BCUT2D eigenvalue weighted by molar-refractivity contribution is 0.146. The van der Waals surface area contributed by atoms with Crippen LogP contribution in [0.15, 0.2) is 0 Å². The lowest BCUT2D eigenvalue weighted by atomic mass is 10.1. The molecule has 3 nitrogen and oxygen atoms in total. The number of hydrogen-bond acceptors (Lipinski definition) is 3. The number of β-amino-alcohol motifs (C(OH)–C–C–N with tert-alkyl or cyclic N) is 1. The minimum atomic E-state index is -0.245. The van der Waals surface area contributed by atoms with E-state index in [-0.39, 0.29) is 12.1 Å². The van der Waals surface area contributed by atoms with Gasteiger partial charge in [-0.2, -0.15) is 5.26 Å². The summed E-state index contributed by atoms with van der Waals surface area (Å²) in [6.07, 6.45) is -0.245. The molecule has 1 N–H and O–H groups in total. The summed E-state index contributed by atoms with van der Waals surface area (Å²) >= 11 is 0. The van der Waals surface area contributed by atoms with E-state index in [1.807, 2.05) is 18.7 Å². The van der Waals surface area contributed by atoms with Crippen LogP contribution in [0.5, 0.6) is 0 Å². The van der Waals surface area contributed by atoms with Gasteiger partial charge < -0.3 is 5.11 Å². The maximum atomic E-state index is 9.36. The predicted octanol–water partition coefficient (Wildman–Crippen LogP) is 0.211. The number of aliphatic hydroxyl groups excluding tert-OH is 1. The molecule has 0 spiro atoms. The average molecular weight is 154 g/mol. The maximum absolute atomic E-state index is 9.36. The van der Waals surface area contributed by atoms with Crippen molar-refractivity contribution in [2.45, 2.75) is 26.0 Å². The molecule has 3 atom stereocenters. The summed E-state index contributed by atoms with van der Waals surface area (Å²) in [4.78, 5) is 2.01. The summed E-state index contributed by atoms with van der Waals surface area (Å²) in [5, 5.41) is 18.0. The Morgan fingerprint density at radius 3 is 2.64 bits per heavy atom. The van der Waals surface area contributed by atoms with Crippen molar-refractivity contribution in [3.63, 3.8) is 0 Å². The molecule has 0 radical (unpaired) electrons. The molecule has 0 saturated carbocycles. The van der Waals surface area contributed by atoms with E-state index >= 15 is 0 Å². The lowest BCUT2D eigenvalue weighted by Crippen LogP contribution is -2.30. The third-order valence-corrected chi connectivity index (χ3v) is 2.34. The second kappa shape index (κ2) is 3.21. The SMILES string of the molecule is CC1CN(C(C)C#N)CC1O. The van der Waals surface area contributed by atoms with E-state index in [9.17, 15) is 5.11 Å². The zero-order valence-corrected chi connectivity index (χ0v) is 6.99. The lowest BCUT2D eigenvalue weighted by Gasteiger charge is -2.16. The molecule has 0 aliphatic carbocycles. The topological polar surface area (TPSA) is 47.3 Å². The summed E-state index contributed by atoms with van der Waals surface area (Å²) in [7, 11) is 0. The van der Waals surface area contributed by atoms with Gasteiger partial charge in [-0.1, -0.05) is 6.92 Å². The van der Waals surface area contributed by atoms with Crippen molar-refractivity contribution < 1.29 is 5.11 Å². The van der Waals surface area contributed by atoms with Gasteiger partial charge in [0.05, 0.1) is 18.2 Å². The number of aliphatic hydroxyl groups is 1. The molecular formula is C8H14N2O. The first-order valence-electron chi connectivity index (χ1n) is 3.97. The van der Waals surface area contributed by atoms with E-state index in [1.54, 1.807) is 0 Å². The van der Waals surface area contributed by atoms with E-state index in [4.69, 9.17) is 5.26 Å². The number of nitrogens with zero attached hydrogens (tertiary/aromatic N) is 2. The smallest absolute Gasteiger partial charge is 0.0950 e. The third kappa shape index (κ3) is 1.70. The minimum absolute atomic E-state index is 0.0606. The number of hydrogen-bond donors (Lipinski definition) is 1. The normalized spacial score (nSPS) is 35.1. The predicted molar refractivity (Wildman–Crippen MR) is 41.8 cm³/mol. The molecular weight excluding hydrogens is 140 g/mol. The molecule has 11 heavy (non-hydrogen) atoms. The highest BCUT2D eigenvalue weighted by Crippen LogP contribution is 2.17. The first kappa shape index (κ1) is 8.51. The maximum Gasteiger partial charge on any atom is 0.0950 e. The molecule has 0 amide bonds. The second-order valence-electron chi connectivity index (χ2n) is 3.30. The molecule has 62 valence electrons. The molecule has 0 aromatic heterocycles. The Morgan fingerprint density at radius 2 is 2.27 bits per heavy atom. The van der Waals surface area contributed by atoms with E-state index < -0.39 is 0 Å². The fourth-order valence-corrected chi connectivity index (χ4v) is 1.38. The Bertz CT molecular complexity index is 165. The van der Waals surface area contributed by atoms with Gasteiger partial charge in [-0.25, -0.2) is 0 Å². The van der Waals surface area contributed by atoms with Crippen LogP contribution in [-0.4, -0.2) is 35.2 Å². The van der Waals surface area contributed by atoms with Crippen LogP contribution in [0.3, 0.4) is 0 Å². The highest BCUT2D eigenvalue weighted by molar-refractivity contribution is 4.93. The standard InChI is InChI=1S/C8H14N2O/c1-6-4-10(5-8(6)11)7(2)3-9/h6-8,11H,4-5H2,1-2H3. The van der Waals surface area contributed by atoms with Crippen LogP contribution in [0.4, 0.5) is 0 Å². The fraction of sp³-hybridized carbons (Fsp3) is 0.875. The summed E-state index contributed by atoms with van der Waals surface area (Å²) in [6, 6.07) is 2.10. The van der Waals surface area contributed by atoms with Gasteiger partial charge in [0.25, 0.3) is 0 Å². The van der Waals surface area contributed by atoms with E-state index in [1.165, 1.54) is 0 Å². The Balaban J connectivity index is 2.48. The minimum Gasteiger partial charge on any atom is -0.391 e. The van der Waals surface area contributed by atoms with Crippen LogP contribution >= 0.6 is 0 Å². The van der Waals surface area contributed by atoms with Gasteiger partial charge in [0.2, 0.25) is 0 Å². The van der Waals surface area contributed by atoms with Crippen molar-refractivity contribution in [1.29, 1.82) is 5.26 Å². The summed E-state index contributed by atoms with van der Waals surface area (Å²) in [6.45, 7) is 5.37. The average Bonchev–Trinajstić information content (AvgIpc) is 2.31. The molecule has 0 aromatic carbocycles. The largest absolute Gasteiger partial charge is 0.391 e. The van der Waals surface area contributed by atoms with Gasteiger partial charge in [-0.05, 0) is 12.8 Å². The van der Waals surface area contributed by atoms with Crippen LogP contribution in [0.25, 0.3) is 0 Å². The number of rotatable bonds is 1. The van der Waals surface area contributed by atoms with Gasteiger partial charge in [0, 0.05) is 13.1 Å². The molecule has 1 saturated heterocycles. The molecule has 1 heterocycles. The summed E-state index contributed by atoms with van der Waals surface area (Å²) < 4.78 is 0. The summed E-state index contributed by atoms with van der Waals surface area (Å²) in [5.41, 5.74) is 0. The first-order chi connectivity index (χ1) is 5.15. The van der Waals surface area contributed by atoms with Crippen molar-refractivity contribution in [3.05, 3.63) is 0 Å². The van der Waals surface area contributed by atoms with E-state index in [0.29, 0.717) is 12.5 Å². The Labute approximate surface area is 67.2 Å². The molecule has 3 unspecified atom stereocenters. The molecule has 1 rings (SSSR count). The Hall–Kier alpha value is -0.590. The highest BCUT2D eigenvalue weighted by Gasteiger charge is 2.30. The molecule has 1 aliphatic heterocycles. The zero-order chi connectivity index (χ0) is 8.43. The monoisotopic (exact) mass is 154 g/mol. The zero-order valence-electron chi connectivity index (χ0n) is 6.99. The third-order valence-electron chi connectivity index (χ3n) is 2.34. The van der Waals surface area contributed by atoms with Gasteiger partial charge in [0.15, 0.2) is 0 Å². The van der Waals surface area contributed by atoms with Gasteiger partial charge >= 0.3 is 0 Å². The van der Waals surface area contributed by atoms with Gasteiger partial charge in [0.1, 0.15) is 0 Å². The molecule has 3 heteroatoms. The van der Waals surface area contributed by atoms with Crippen LogP contribution in [0.2, 0.25) is 0 Å². The molecule has 0 aromatic rings. The van der Waals surface area contributed by atoms with Crippen LogP contribution in [0.1, 0.15) is 13.8 Å². The first-order valence-corrected chi connectivity index (χ1v) is 3.97. The van der Waals surface area contributed by atoms with Crippen LogP contribution in [0, 0.1) is 17.2 Å². The van der Waals surface area contributed by atoms with Crippen molar-refractivity contribution >= 4 is 0 Å². The number of likely N-dealkylation sites (tertiary alicyclic amines) is 1. The van der Waals surface area contributed by atoms with E-state index in [2.05, 4.69) is 6.07 Å². The van der Waals surface area contributed by atoms with Crippen LogP contribution < -0.4 is 0 Å². The number of nitriles is 1. The van der Waals surface area contributed by atoms with Crippen LogP contribution in [-0.2, 0) is 0 Å². The quantitative estimate of drug-likeness (QED) is 0.587. The molecule has 1 aliphatic rings. The van der Waals surface area contributed by atoms with Crippen molar-refractivity contribution in [2.24, 2.45) is 5.92 Å².